The summed E-state index contributed by atoms with van der Waals surface area (Å²) in [6.07, 6.45) is 18.1. The molecule has 0 saturated heterocycles. The second-order valence-electron chi connectivity index (χ2n) is 12.7. The van der Waals surface area contributed by atoms with E-state index in [-0.39, 0.29) is 5.91 Å². The number of ether oxygens (including phenoxy) is 2. The third kappa shape index (κ3) is 12.3. The predicted molar refractivity (Wildman–Crippen MR) is 192 cm³/mol. The molecule has 0 aliphatic carbocycles. The van der Waals surface area contributed by atoms with E-state index in [4.69, 9.17) is 9.47 Å². The van der Waals surface area contributed by atoms with E-state index in [0.29, 0.717) is 10.9 Å². The summed E-state index contributed by atoms with van der Waals surface area (Å²) in [7, 11) is 3.38. The number of hydrogen-bond acceptors (Lipinski definition) is 6. The molecule has 1 atom stereocenters. The minimum atomic E-state index is -0.0804. The number of nitrogens with one attached hydrogen (secondary N) is 2. The molecule has 0 fully saturated rings. The van der Waals surface area contributed by atoms with Crippen LogP contribution in [0.4, 0.5) is 10.8 Å². The number of hydrogen-bond donors (Lipinski definition) is 2. The van der Waals surface area contributed by atoms with E-state index >= 15 is 0 Å². The number of aromatic nitrogens is 1. The van der Waals surface area contributed by atoms with Crippen molar-refractivity contribution in [2.24, 2.45) is 0 Å². The van der Waals surface area contributed by atoms with E-state index in [0.717, 1.165) is 52.0 Å². The zero-order chi connectivity index (χ0) is 32.6. The number of thiazole rings is 1. The maximum atomic E-state index is 13.0. The van der Waals surface area contributed by atoms with Crippen LogP contribution in [0.15, 0.2) is 30.3 Å². The summed E-state index contributed by atoms with van der Waals surface area (Å²) >= 11 is 1.45. The number of aryl methyl sites for hydroxylation is 5. The lowest BCUT2D eigenvalue weighted by molar-refractivity contribution is 0.102. The van der Waals surface area contributed by atoms with Crippen LogP contribution in [-0.4, -0.2) is 31.2 Å². The molecule has 7 heteroatoms. The maximum absolute atomic E-state index is 13.0. The van der Waals surface area contributed by atoms with Gasteiger partial charge < -0.3 is 20.1 Å². The average Bonchev–Trinajstić information content (AvgIpc) is 3.38. The summed E-state index contributed by atoms with van der Waals surface area (Å²) in [5.41, 5.74) is 6.37. The van der Waals surface area contributed by atoms with Crippen molar-refractivity contribution in [3.8, 4) is 11.5 Å². The van der Waals surface area contributed by atoms with Gasteiger partial charge in [-0.25, -0.2) is 4.98 Å². The highest BCUT2D eigenvalue weighted by Gasteiger charge is 2.18. The second-order valence-corrected chi connectivity index (χ2v) is 13.7. The highest BCUT2D eigenvalue weighted by atomic mass is 32.1. The van der Waals surface area contributed by atoms with Crippen LogP contribution in [0.5, 0.6) is 11.5 Å². The van der Waals surface area contributed by atoms with Crippen molar-refractivity contribution in [1.82, 2.24) is 4.98 Å². The highest BCUT2D eigenvalue weighted by Crippen LogP contribution is 2.29. The average molecular weight is 636 g/mol. The van der Waals surface area contributed by atoms with Crippen molar-refractivity contribution in [3.63, 3.8) is 0 Å². The Labute approximate surface area is 276 Å². The molecular weight excluding hydrogens is 579 g/mol. The van der Waals surface area contributed by atoms with Gasteiger partial charge in [0, 0.05) is 11.7 Å². The summed E-state index contributed by atoms with van der Waals surface area (Å²) in [6, 6.07) is 10.8. The van der Waals surface area contributed by atoms with Crippen LogP contribution in [0.3, 0.4) is 0 Å². The van der Waals surface area contributed by atoms with E-state index in [1.54, 1.807) is 14.2 Å². The van der Waals surface area contributed by atoms with Gasteiger partial charge in [0.1, 0.15) is 4.88 Å². The first-order valence-corrected chi connectivity index (χ1v) is 17.9. The zero-order valence-corrected chi connectivity index (χ0v) is 29.8. The number of amides is 1. The molecule has 0 spiro atoms. The zero-order valence-electron chi connectivity index (χ0n) is 28.9. The number of unbranched alkanes of at least 4 members (excludes halogenated alkanes) is 11. The first-order valence-electron chi connectivity index (χ1n) is 17.1. The van der Waals surface area contributed by atoms with E-state index in [2.05, 4.69) is 53.7 Å². The quantitative estimate of drug-likeness (QED) is 0.114. The molecule has 2 aromatic carbocycles. The van der Waals surface area contributed by atoms with Crippen LogP contribution in [0.1, 0.15) is 128 Å². The van der Waals surface area contributed by atoms with Crippen molar-refractivity contribution in [2.75, 3.05) is 24.9 Å². The van der Waals surface area contributed by atoms with E-state index in [1.807, 2.05) is 26.8 Å². The Balaban J connectivity index is 1.19. The van der Waals surface area contributed by atoms with Crippen LogP contribution in [0, 0.1) is 27.7 Å². The molecule has 1 amide bonds. The first-order chi connectivity index (χ1) is 21.7. The molecular formula is C38H57N3O3S. The molecule has 3 rings (SSSR count). The number of nitrogens with zero attached hydrogens (tertiary/aromatic N) is 1. The molecule has 0 saturated carbocycles. The molecule has 6 nitrogen and oxygen atoms in total. The van der Waals surface area contributed by atoms with Gasteiger partial charge in [0.25, 0.3) is 5.91 Å². The molecule has 0 aliphatic heterocycles. The van der Waals surface area contributed by atoms with Crippen LogP contribution >= 0.6 is 11.3 Å². The van der Waals surface area contributed by atoms with Crippen molar-refractivity contribution >= 4 is 28.1 Å². The minimum absolute atomic E-state index is 0.0804. The Hall–Kier alpha value is -3.06. The van der Waals surface area contributed by atoms with E-state index < -0.39 is 0 Å². The molecule has 248 valence electrons. The van der Waals surface area contributed by atoms with Crippen molar-refractivity contribution in [3.05, 3.63) is 63.2 Å². The van der Waals surface area contributed by atoms with Gasteiger partial charge in [-0.2, -0.15) is 0 Å². The monoisotopic (exact) mass is 635 g/mol. The topological polar surface area (TPSA) is 72.5 Å². The Kier molecular flexibility index (Phi) is 15.7. The Morgan fingerprint density at radius 2 is 1.33 bits per heavy atom. The van der Waals surface area contributed by atoms with Gasteiger partial charge in [0.2, 0.25) is 0 Å². The normalized spacial score (nSPS) is 11.8. The van der Waals surface area contributed by atoms with E-state index in [1.165, 1.54) is 99.5 Å². The van der Waals surface area contributed by atoms with E-state index in [9.17, 15) is 4.79 Å². The van der Waals surface area contributed by atoms with Crippen LogP contribution in [0.25, 0.3) is 0 Å². The lowest BCUT2D eigenvalue weighted by Crippen LogP contribution is -2.14. The fraction of sp³-hybridized carbons (Fsp3) is 0.579. The van der Waals surface area contributed by atoms with Crippen molar-refractivity contribution in [1.29, 1.82) is 0 Å². The summed E-state index contributed by atoms with van der Waals surface area (Å²) in [5.74, 6) is 1.54. The maximum Gasteiger partial charge on any atom is 0.267 e. The molecule has 45 heavy (non-hydrogen) atoms. The lowest BCUT2D eigenvalue weighted by atomic mass is 10.0. The molecule has 3 aromatic rings. The minimum Gasteiger partial charge on any atom is -0.493 e. The molecule has 0 aliphatic rings. The SMILES string of the molecule is COc1ccc(CCCCCCCCCCCCCCC(C)Nc2nc(C)c(C(=O)Nc3c(C)cc(C)cc3C)s2)cc1OC. The van der Waals surface area contributed by atoms with Gasteiger partial charge in [-0.15, -0.1) is 0 Å². The van der Waals surface area contributed by atoms with Crippen LogP contribution in [-0.2, 0) is 6.42 Å². The molecule has 0 radical (unpaired) electrons. The molecule has 1 aromatic heterocycles. The number of carbonyl (C=O) groups excluding carboxylic acids is 1. The van der Waals surface area contributed by atoms with Crippen molar-refractivity contribution < 1.29 is 14.3 Å². The van der Waals surface area contributed by atoms with Gasteiger partial charge in [0.05, 0.1) is 19.9 Å². The Morgan fingerprint density at radius 3 is 1.91 bits per heavy atom. The van der Waals surface area contributed by atoms with Gasteiger partial charge in [-0.3, -0.25) is 4.79 Å². The molecule has 1 unspecified atom stereocenters. The fourth-order valence-corrected chi connectivity index (χ4v) is 7.06. The van der Waals surface area contributed by atoms with Crippen LogP contribution < -0.4 is 20.1 Å². The van der Waals surface area contributed by atoms with Crippen LogP contribution in [0.2, 0.25) is 0 Å². The predicted octanol–water partition coefficient (Wildman–Crippen LogP) is 10.8. The third-order valence-electron chi connectivity index (χ3n) is 8.59. The van der Waals surface area contributed by atoms with Gasteiger partial charge >= 0.3 is 0 Å². The standard InChI is InChI=1S/C38H57N3O3S/c1-27-24-28(2)35(29(3)25-27)41-37(42)36-31(5)40-38(45-36)39-30(4)20-18-16-14-12-10-8-9-11-13-15-17-19-21-32-22-23-33(43-6)34(26-32)44-7/h22-26,30H,8-21H2,1-7H3,(H,39,40)(H,41,42). The lowest BCUT2D eigenvalue weighted by Gasteiger charge is -2.13. The smallest absolute Gasteiger partial charge is 0.267 e. The summed E-state index contributed by atoms with van der Waals surface area (Å²) < 4.78 is 10.7. The first kappa shape index (κ1) is 36.4. The highest BCUT2D eigenvalue weighted by molar-refractivity contribution is 7.17. The van der Waals surface area contributed by atoms with Gasteiger partial charge in [-0.1, -0.05) is 106 Å². The Morgan fingerprint density at radius 1 is 0.778 bits per heavy atom. The molecule has 2 N–H and O–H groups in total. The number of anilines is 2. The van der Waals surface area contributed by atoms with Gasteiger partial charge in [-0.05, 0) is 82.7 Å². The number of carbonyl (C=O) groups is 1. The molecule has 0 bridgehead atoms. The molecule has 1 heterocycles. The number of methoxy groups -OCH3 is 2. The van der Waals surface area contributed by atoms with Gasteiger partial charge in [0.15, 0.2) is 16.6 Å². The summed E-state index contributed by atoms with van der Waals surface area (Å²) in [6.45, 7) is 10.3. The summed E-state index contributed by atoms with van der Waals surface area (Å²) in [4.78, 5) is 18.4. The largest absolute Gasteiger partial charge is 0.493 e. The summed E-state index contributed by atoms with van der Waals surface area (Å²) in [5, 5.41) is 7.48. The van der Waals surface area contributed by atoms with Crippen molar-refractivity contribution in [2.45, 2.75) is 131 Å². The number of rotatable bonds is 21. The fourth-order valence-electron chi connectivity index (χ4n) is 6.08. The Bertz CT molecular complexity index is 1310. The third-order valence-corrected chi connectivity index (χ3v) is 9.68. The second kappa shape index (κ2) is 19.5. The number of benzene rings is 2.